The number of hydrogen-bond acceptors (Lipinski definition) is 5. The first-order valence-electron chi connectivity index (χ1n) is 9.43. The summed E-state index contributed by atoms with van der Waals surface area (Å²) in [4.78, 5) is 30.0. The number of hydrogen-bond donors (Lipinski definition) is 1. The van der Waals surface area contributed by atoms with E-state index in [0.29, 0.717) is 22.2 Å². The predicted molar refractivity (Wildman–Crippen MR) is 115 cm³/mol. The van der Waals surface area contributed by atoms with Gasteiger partial charge in [0.25, 0.3) is 11.5 Å². The van der Waals surface area contributed by atoms with Crippen LogP contribution in [0.25, 0.3) is 10.8 Å². The molecule has 4 rings (SSSR count). The number of aromatic nitrogens is 3. The van der Waals surface area contributed by atoms with Crippen molar-refractivity contribution in [2.75, 3.05) is 0 Å². The third kappa shape index (κ3) is 4.00. The second-order valence-corrected chi connectivity index (χ2v) is 6.70. The quantitative estimate of drug-likeness (QED) is 0.414. The van der Waals surface area contributed by atoms with Crippen molar-refractivity contribution in [3.05, 3.63) is 106 Å². The topological polar surface area (TPSA) is 89.2 Å². The van der Waals surface area contributed by atoms with Gasteiger partial charge in [0.2, 0.25) is 0 Å². The molecule has 0 fully saturated rings. The summed E-state index contributed by atoms with van der Waals surface area (Å²) >= 11 is 0. The summed E-state index contributed by atoms with van der Waals surface area (Å²) in [6.45, 7) is 2.02. The van der Waals surface area contributed by atoms with Gasteiger partial charge in [-0.1, -0.05) is 54.6 Å². The highest BCUT2D eigenvalue weighted by Gasteiger charge is 2.16. The molecule has 7 heteroatoms. The highest BCUT2D eigenvalue weighted by atomic mass is 16.2. The molecule has 148 valence electrons. The Morgan fingerprint density at radius 2 is 1.67 bits per heavy atom. The van der Waals surface area contributed by atoms with E-state index in [1.54, 1.807) is 49.5 Å². The zero-order valence-electron chi connectivity index (χ0n) is 16.3. The number of nitrogens with one attached hydrogen (secondary N) is 1. The van der Waals surface area contributed by atoms with E-state index in [4.69, 9.17) is 0 Å². The lowest BCUT2D eigenvalue weighted by Gasteiger charge is -2.10. The lowest BCUT2D eigenvalue weighted by molar-refractivity contribution is 0.0949. The van der Waals surface area contributed by atoms with Gasteiger partial charge in [-0.05, 0) is 30.7 Å². The molecule has 0 saturated heterocycles. The molecule has 2 aromatic carbocycles. The zero-order valence-corrected chi connectivity index (χ0v) is 16.3. The van der Waals surface area contributed by atoms with Crippen molar-refractivity contribution in [1.82, 2.24) is 20.2 Å². The van der Waals surface area contributed by atoms with Crippen LogP contribution in [-0.4, -0.2) is 26.4 Å². The Hall–Kier alpha value is -4.13. The normalized spacial score (nSPS) is 11.4. The van der Waals surface area contributed by atoms with Crippen LogP contribution in [0.2, 0.25) is 0 Å². The molecule has 30 heavy (non-hydrogen) atoms. The van der Waals surface area contributed by atoms with Crippen LogP contribution in [0.15, 0.2) is 88.9 Å². The predicted octanol–water partition coefficient (Wildman–Crippen LogP) is 2.99. The van der Waals surface area contributed by atoms with E-state index < -0.39 is 5.91 Å². The van der Waals surface area contributed by atoms with Crippen LogP contribution in [-0.2, 0) is 6.54 Å². The van der Waals surface area contributed by atoms with Crippen LogP contribution in [0.3, 0.4) is 0 Å². The Bertz CT molecular complexity index is 1280. The molecule has 0 aliphatic rings. The molecule has 4 aromatic rings. The van der Waals surface area contributed by atoms with Crippen molar-refractivity contribution in [1.29, 1.82) is 0 Å². The molecule has 2 aromatic heterocycles. The zero-order chi connectivity index (χ0) is 20.9. The fraction of sp³-hybridized carbons (Fsp3) is 0.0870. The molecule has 0 unspecified atom stereocenters. The maximum absolute atomic E-state index is 12.9. The number of carbonyl (C=O) groups excluding carboxylic acids is 1. The van der Waals surface area contributed by atoms with E-state index in [2.05, 4.69) is 20.6 Å². The first-order valence-corrected chi connectivity index (χ1v) is 9.43. The molecular weight excluding hydrogens is 378 g/mol. The Morgan fingerprint density at radius 3 is 2.40 bits per heavy atom. The fourth-order valence-electron chi connectivity index (χ4n) is 3.09. The van der Waals surface area contributed by atoms with Gasteiger partial charge in [0, 0.05) is 11.6 Å². The number of fused-ring (bicyclic) bond motifs is 1. The van der Waals surface area contributed by atoms with E-state index in [1.807, 2.05) is 36.4 Å². The Morgan fingerprint density at radius 1 is 0.967 bits per heavy atom. The van der Waals surface area contributed by atoms with Gasteiger partial charge in [-0.3, -0.25) is 14.6 Å². The molecule has 2 heterocycles. The SMILES string of the molecule is C/C(=N/NC(=O)c1nn(Cc2ccccc2)c(=O)c2ccccc12)c1ccccn1. The van der Waals surface area contributed by atoms with Crippen molar-refractivity contribution in [2.24, 2.45) is 5.10 Å². The highest BCUT2D eigenvalue weighted by Crippen LogP contribution is 2.14. The molecule has 1 N–H and O–H groups in total. The van der Waals surface area contributed by atoms with Gasteiger partial charge >= 0.3 is 0 Å². The Labute approximate surface area is 172 Å². The van der Waals surface area contributed by atoms with Gasteiger partial charge in [0.15, 0.2) is 5.69 Å². The summed E-state index contributed by atoms with van der Waals surface area (Å²) in [6, 6.07) is 21.9. The Kier molecular flexibility index (Phi) is 5.43. The van der Waals surface area contributed by atoms with Crippen molar-refractivity contribution in [2.45, 2.75) is 13.5 Å². The number of benzene rings is 2. The summed E-state index contributed by atoms with van der Waals surface area (Å²) in [5, 5.41) is 9.41. The number of rotatable bonds is 5. The standard InChI is InChI=1S/C23H19N5O2/c1-16(20-13-7-8-14-24-20)25-26-22(29)21-18-11-5-6-12-19(18)23(30)28(27-21)15-17-9-3-2-4-10-17/h2-14H,15H2,1H3,(H,26,29)/b25-16-. The second kappa shape index (κ2) is 8.48. The van der Waals surface area contributed by atoms with Crippen LogP contribution in [0, 0.1) is 0 Å². The van der Waals surface area contributed by atoms with E-state index in [1.165, 1.54) is 4.68 Å². The van der Waals surface area contributed by atoms with Gasteiger partial charge in [0.05, 0.1) is 23.3 Å². The maximum atomic E-state index is 12.9. The van der Waals surface area contributed by atoms with Crippen molar-refractivity contribution >= 4 is 22.4 Å². The lowest BCUT2D eigenvalue weighted by atomic mass is 10.1. The number of carbonyl (C=O) groups is 1. The summed E-state index contributed by atoms with van der Waals surface area (Å²) < 4.78 is 1.31. The summed E-state index contributed by atoms with van der Waals surface area (Å²) in [7, 11) is 0. The average molecular weight is 397 g/mol. The molecule has 0 spiro atoms. The Balaban J connectivity index is 1.71. The number of nitrogens with zero attached hydrogens (tertiary/aromatic N) is 4. The minimum atomic E-state index is -0.497. The summed E-state index contributed by atoms with van der Waals surface area (Å²) in [6.07, 6.45) is 1.66. The number of hydrazone groups is 1. The monoisotopic (exact) mass is 397 g/mol. The average Bonchev–Trinajstić information content (AvgIpc) is 2.80. The van der Waals surface area contributed by atoms with Gasteiger partial charge in [-0.25, -0.2) is 10.1 Å². The second-order valence-electron chi connectivity index (χ2n) is 6.70. The number of pyridine rings is 1. The van der Waals surface area contributed by atoms with Gasteiger partial charge in [-0.2, -0.15) is 10.2 Å². The van der Waals surface area contributed by atoms with Crippen molar-refractivity contribution in [3.63, 3.8) is 0 Å². The largest absolute Gasteiger partial charge is 0.292 e. The molecule has 0 bridgehead atoms. The molecule has 0 atom stereocenters. The minimum absolute atomic E-state index is 0.138. The third-order valence-corrected chi connectivity index (χ3v) is 4.62. The minimum Gasteiger partial charge on any atom is -0.267 e. The lowest BCUT2D eigenvalue weighted by Crippen LogP contribution is -2.29. The molecule has 0 aliphatic heterocycles. The molecule has 7 nitrogen and oxygen atoms in total. The van der Waals surface area contributed by atoms with Crippen molar-refractivity contribution in [3.8, 4) is 0 Å². The first-order chi connectivity index (χ1) is 14.6. The van der Waals surface area contributed by atoms with Crippen LogP contribution in [0.5, 0.6) is 0 Å². The van der Waals surface area contributed by atoms with E-state index in [0.717, 1.165) is 5.56 Å². The van der Waals surface area contributed by atoms with E-state index >= 15 is 0 Å². The molecular formula is C23H19N5O2. The van der Waals surface area contributed by atoms with E-state index in [-0.39, 0.29) is 17.8 Å². The van der Waals surface area contributed by atoms with Crippen LogP contribution in [0.4, 0.5) is 0 Å². The van der Waals surface area contributed by atoms with Crippen LogP contribution >= 0.6 is 0 Å². The van der Waals surface area contributed by atoms with Gasteiger partial charge < -0.3 is 0 Å². The van der Waals surface area contributed by atoms with Gasteiger partial charge in [-0.15, -0.1) is 0 Å². The molecule has 0 radical (unpaired) electrons. The molecule has 1 amide bonds. The van der Waals surface area contributed by atoms with Crippen LogP contribution < -0.4 is 11.0 Å². The maximum Gasteiger partial charge on any atom is 0.292 e. The summed E-state index contributed by atoms with van der Waals surface area (Å²) in [5.74, 6) is -0.497. The number of amides is 1. The van der Waals surface area contributed by atoms with Crippen LogP contribution in [0.1, 0.15) is 28.7 Å². The van der Waals surface area contributed by atoms with E-state index in [9.17, 15) is 9.59 Å². The van der Waals surface area contributed by atoms with Crippen molar-refractivity contribution < 1.29 is 4.79 Å². The molecule has 0 aliphatic carbocycles. The molecule has 0 saturated carbocycles. The first kappa shape index (κ1) is 19.2. The highest BCUT2D eigenvalue weighted by molar-refractivity contribution is 6.05. The smallest absolute Gasteiger partial charge is 0.267 e. The third-order valence-electron chi connectivity index (χ3n) is 4.62. The van der Waals surface area contributed by atoms with Gasteiger partial charge in [0.1, 0.15) is 0 Å². The summed E-state index contributed by atoms with van der Waals surface area (Å²) in [5.41, 5.74) is 4.55. The fourth-order valence-corrected chi connectivity index (χ4v) is 3.09.